The molecule has 2 rings (SSSR count). The maximum Gasteiger partial charge on any atom is 0.0708 e. The fourth-order valence-electron chi connectivity index (χ4n) is 2.25. The molecule has 0 fully saturated rings. The van der Waals surface area contributed by atoms with E-state index in [1.807, 2.05) is 6.92 Å². The molecule has 2 N–H and O–H groups in total. The fourth-order valence-corrected chi connectivity index (χ4v) is 2.25. The van der Waals surface area contributed by atoms with Crippen LogP contribution in [0.15, 0.2) is 24.3 Å². The zero-order valence-corrected chi connectivity index (χ0v) is 11.0. The number of benzene rings is 1. The molecular formula is C15H20N2. The Labute approximate surface area is 103 Å². The first-order valence-electron chi connectivity index (χ1n) is 6.01. The van der Waals surface area contributed by atoms with Crippen LogP contribution in [0.2, 0.25) is 0 Å². The fraction of sp³-hybridized carbons (Fsp3) is 0.400. The molecule has 2 heteroatoms. The van der Waals surface area contributed by atoms with Gasteiger partial charge in [-0.3, -0.25) is 4.98 Å². The van der Waals surface area contributed by atoms with Crippen LogP contribution in [0.3, 0.4) is 0 Å². The van der Waals surface area contributed by atoms with Gasteiger partial charge in [0.25, 0.3) is 0 Å². The van der Waals surface area contributed by atoms with Crippen molar-refractivity contribution in [3.63, 3.8) is 0 Å². The van der Waals surface area contributed by atoms with E-state index >= 15 is 0 Å². The minimum absolute atomic E-state index is 0.167. The number of fused-ring (bicyclic) bond motifs is 1. The largest absolute Gasteiger partial charge is 0.325 e. The quantitative estimate of drug-likeness (QED) is 0.857. The molecule has 2 nitrogen and oxygen atoms in total. The van der Waals surface area contributed by atoms with Crippen molar-refractivity contribution in [3.8, 4) is 0 Å². The van der Waals surface area contributed by atoms with E-state index in [1.165, 1.54) is 16.5 Å². The van der Waals surface area contributed by atoms with Crippen molar-refractivity contribution in [1.29, 1.82) is 0 Å². The van der Waals surface area contributed by atoms with Gasteiger partial charge in [0.1, 0.15) is 0 Å². The summed E-state index contributed by atoms with van der Waals surface area (Å²) in [5.74, 6) is 0. The number of aryl methyl sites for hydroxylation is 2. The van der Waals surface area contributed by atoms with E-state index in [2.05, 4.69) is 50.0 Å². The number of hydrogen-bond donors (Lipinski definition) is 1. The van der Waals surface area contributed by atoms with Crippen LogP contribution in [0.25, 0.3) is 10.9 Å². The Morgan fingerprint density at radius 3 is 2.53 bits per heavy atom. The van der Waals surface area contributed by atoms with Crippen molar-refractivity contribution < 1.29 is 0 Å². The van der Waals surface area contributed by atoms with Crippen LogP contribution in [0.4, 0.5) is 0 Å². The van der Waals surface area contributed by atoms with Crippen LogP contribution < -0.4 is 5.73 Å². The van der Waals surface area contributed by atoms with Crippen LogP contribution in [0, 0.1) is 13.8 Å². The summed E-state index contributed by atoms with van der Waals surface area (Å²) >= 11 is 0. The lowest BCUT2D eigenvalue weighted by Crippen LogP contribution is -2.34. The Hall–Kier alpha value is -1.41. The summed E-state index contributed by atoms with van der Waals surface area (Å²) in [6, 6.07) is 8.56. The van der Waals surface area contributed by atoms with Gasteiger partial charge >= 0.3 is 0 Å². The third-order valence-electron chi connectivity index (χ3n) is 2.87. The van der Waals surface area contributed by atoms with Gasteiger partial charge in [0.2, 0.25) is 0 Å². The predicted molar refractivity (Wildman–Crippen MR) is 73.2 cm³/mol. The molecule has 0 aliphatic heterocycles. The number of hydrogen-bond acceptors (Lipinski definition) is 2. The number of nitrogens with zero attached hydrogens (tertiary/aromatic N) is 1. The Morgan fingerprint density at radius 2 is 1.88 bits per heavy atom. The van der Waals surface area contributed by atoms with Gasteiger partial charge < -0.3 is 5.73 Å². The molecule has 0 saturated heterocycles. The van der Waals surface area contributed by atoms with Crippen LogP contribution in [0.1, 0.15) is 30.7 Å². The maximum atomic E-state index is 6.06. The zero-order valence-electron chi connectivity index (χ0n) is 11.0. The monoisotopic (exact) mass is 228 g/mol. The molecule has 0 saturated carbocycles. The summed E-state index contributed by atoms with van der Waals surface area (Å²) in [7, 11) is 0. The molecule has 2 aromatic rings. The van der Waals surface area contributed by atoms with E-state index in [0.717, 1.165) is 17.6 Å². The lowest BCUT2D eigenvalue weighted by atomic mass is 9.94. The lowest BCUT2D eigenvalue weighted by Gasteiger charge is -2.18. The minimum atomic E-state index is -0.167. The summed E-state index contributed by atoms with van der Waals surface area (Å²) in [6.45, 7) is 8.27. The zero-order chi connectivity index (χ0) is 12.6. The Balaban J connectivity index is 2.51. The first-order chi connectivity index (χ1) is 7.85. The Morgan fingerprint density at radius 1 is 1.18 bits per heavy atom. The van der Waals surface area contributed by atoms with E-state index in [-0.39, 0.29) is 5.54 Å². The molecule has 0 unspecified atom stereocenters. The Kier molecular flexibility index (Phi) is 2.92. The van der Waals surface area contributed by atoms with Gasteiger partial charge in [0, 0.05) is 16.6 Å². The predicted octanol–water partition coefficient (Wildman–Crippen LogP) is 3.13. The van der Waals surface area contributed by atoms with Gasteiger partial charge in [0.05, 0.1) is 5.52 Å². The summed E-state index contributed by atoms with van der Waals surface area (Å²) in [4.78, 5) is 4.54. The number of rotatable bonds is 2. The van der Waals surface area contributed by atoms with Crippen molar-refractivity contribution in [2.24, 2.45) is 5.73 Å². The molecule has 0 radical (unpaired) electrons. The van der Waals surface area contributed by atoms with Crippen molar-refractivity contribution in [2.75, 3.05) is 0 Å². The molecule has 1 aromatic heterocycles. The highest BCUT2D eigenvalue weighted by molar-refractivity contribution is 5.82. The summed E-state index contributed by atoms with van der Waals surface area (Å²) in [5.41, 5.74) is 10.6. The molecule has 0 atom stereocenters. The summed E-state index contributed by atoms with van der Waals surface area (Å²) in [6.07, 6.45) is 0.885. The highest BCUT2D eigenvalue weighted by Gasteiger charge is 2.12. The molecule has 1 aromatic carbocycles. The standard InChI is InChI=1S/C15H20N2/c1-10-7-11(2)17-14-6-5-12(8-13(10)14)9-15(3,4)16/h5-8H,9,16H2,1-4H3. The normalized spacial score (nSPS) is 12.1. The Bertz CT molecular complexity index is 551. The maximum absolute atomic E-state index is 6.06. The number of aromatic nitrogens is 1. The van der Waals surface area contributed by atoms with Crippen LogP contribution in [0.5, 0.6) is 0 Å². The number of pyridine rings is 1. The second kappa shape index (κ2) is 4.11. The van der Waals surface area contributed by atoms with E-state index in [1.54, 1.807) is 0 Å². The average molecular weight is 228 g/mol. The van der Waals surface area contributed by atoms with Crippen molar-refractivity contribution in [1.82, 2.24) is 4.98 Å². The molecule has 1 heterocycles. The molecule has 0 amide bonds. The first kappa shape index (κ1) is 12.1. The van der Waals surface area contributed by atoms with E-state index in [4.69, 9.17) is 5.73 Å². The minimum Gasteiger partial charge on any atom is -0.325 e. The molecule has 0 aliphatic rings. The number of nitrogens with two attached hydrogens (primary N) is 1. The summed E-state index contributed by atoms with van der Waals surface area (Å²) in [5, 5.41) is 1.23. The van der Waals surface area contributed by atoms with Gasteiger partial charge in [-0.1, -0.05) is 6.07 Å². The van der Waals surface area contributed by atoms with E-state index < -0.39 is 0 Å². The highest BCUT2D eigenvalue weighted by Crippen LogP contribution is 2.21. The topological polar surface area (TPSA) is 38.9 Å². The van der Waals surface area contributed by atoms with Crippen molar-refractivity contribution in [2.45, 2.75) is 39.7 Å². The molecule has 0 bridgehead atoms. The van der Waals surface area contributed by atoms with Gasteiger partial charge in [0.15, 0.2) is 0 Å². The lowest BCUT2D eigenvalue weighted by molar-refractivity contribution is 0.517. The molecule has 0 spiro atoms. The van der Waals surface area contributed by atoms with Crippen molar-refractivity contribution >= 4 is 10.9 Å². The van der Waals surface area contributed by atoms with Crippen LogP contribution in [-0.4, -0.2) is 10.5 Å². The third kappa shape index (κ3) is 2.83. The molecule has 0 aliphatic carbocycles. The molecule has 17 heavy (non-hydrogen) atoms. The van der Waals surface area contributed by atoms with Crippen LogP contribution in [-0.2, 0) is 6.42 Å². The first-order valence-corrected chi connectivity index (χ1v) is 6.01. The van der Waals surface area contributed by atoms with E-state index in [0.29, 0.717) is 0 Å². The average Bonchev–Trinajstić information content (AvgIpc) is 2.16. The van der Waals surface area contributed by atoms with Gasteiger partial charge in [-0.05, 0) is 63.4 Å². The molecule has 90 valence electrons. The van der Waals surface area contributed by atoms with Gasteiger partial charge in [-0.15, -0.1) is 0 Å². The molecular weight excluding hydrogens is 208 g/mol. The second-order valence-corrected chi connectivity index (χ2v) is 5.60. The SMILES string of the molecule is Cc1cc(C)c2cc(CC(C)(C)N)ccc2n1. The summed E-state index contributed by atoms with van der Waals surface area (Å²) < 4.78 is 0. The van der Waals surface area contributed by atoms with Crippen LogP contribution >= 0.6 is 0 Å². The van der Waals surface area contributed by atoms with E-state index in [9.17, 15) is 0 Å². The van der Waals surface area contributed by atoms with Gasteiger partial charge in [-0.2, -0.15) is 0 Å². The smallest absolute Gasteiger partial charge is 0.0708 e. The second-order valence-electron chi connectivity index (χ2n) is 5.60. The van der Waals surface area contributed by atoms with Gasteiger partial charge in [-0.25, -0.2) is 0 Å². The highest BCUT2D eigenvalue weighted by atomic mass is 14.7. The van der Waals surface area contributed by atoms with Crippen molar-refractivity contribution in [3.05, 3.63) is 41.1 Å². The third-order valence-corrected chi connectivity index (χ3v) is 2.87.